The first-order chi connectivity index (χ1) is 9.82. The third-order valence-corrected chi connectivity index (χ3v) is 3.70. The van der Waals surface area contributed by atoms with Crippen molar-refractivity contribution in [1.82, 2.24) is 14.7 Å². The Bertz CT molecular complexity index is 608. The van der Waals surface area contributed by atoms with E-state index in [9.17, 15) is 9.50 Å². The molecule has 0 spiro atoms. The van der Waals surface area contributed by atoms with Crippen molar-refractivity contribution in [2.24, 2.45) is 0 Å². The first-order valence-corrected chi connectivity index (χ1v) is 7.05. The molecule has 0 fully saturated rings. The molecule has 1 heterocycles. The molecule has 114 valence electrons. The average molecular weight is 312 g/mol. The largest absolute Gasteiger partial charge is 0.379 e. The van der Waals surface area contributed by atoms with Gasteiger partial charge in [-0.25, -0.2) is 4.39 Å². The van der Waals surface area contributed by atoms with Gasteiger partial charge in [0, 0.05) is 6.54 Å². The van der Waals surface area contributed by atoms with Crippen molar-refractivity contribution in [2.75, 3.05) is 20.6 Å². The zero-order valence-electron chi connectivity index (χ0n) is 12.3. The molecule has 1 aromatic carbocycles. The maximum Gasteiger partial charge on any atom is 0.130 e. The number of benzene rings is 1. The van der Waals surface area contributed by atoms with E-state index in [1.54, 1.807) is 23.7 Å². The number of halogens is 2. The fourth-order valence-corrected chi connectivity index (χ4v) is 2.55. The molecule has 21 heavy (non-hydrogen) atoms. The highest BCUT2D eigenvalue weighted by Gasteiger charge is 2.32. The standard InChI is InChI=1S/C15H19ClFN3O/c1-15(21,11-4-6-12(17)7-5-11)14-13(16)10-18-20(14)9-8-19(2)3/h4-7,10,21H,8-9H2,1-3H3. The first-order valence-electron chi connectivity index (χ1n) is 6.67. The quantitative estimate of drug-likeness (QED) is 0.922. The van der Waals surface area contributed by atoms with E-state index < -0.39 is 5.60 Å². The maximum atomic E-state index is 13.1. The van der Waals surface area contributed by atoms with E-state index in [4.69, 9.17) is 11.6 Å². The molecule has 1 unspecified atom stereocenters. The second-order valence-corrected chi connectivity index (χ2v) is 5.85. The number of rotatable bonds is 5. The highest BCUT2D eigenvalue weighted by atomic mass is 35.5. The Morgan fingerprint density at radius 1 is 1.33 bits per heavy atom. The molecule has 0 bridgehead atoms. The average Bonchev–Trinajstić information content (AvgIpc) is 2.78. The van der Waals surface area contributed by atoms with Gasteiger partial charge >= 0.3 is 0 Å². The summed E-state index contributed by atoms with van der Waals surface area (Å²) in [7, 11) is 3.92. The SMILES string of the molecule is CN(C)CCn1ncc(Cl)c1C(C)(O)c1ccc(F)cc1. The number of hydrogen-bond donors (Lipinski definition) is 1. The van der Waals surface area contributed by atoms with Crippen LogP contribution < -0.4 is 0 Å². The Hall–Kier alpha value is -1.43. The summed E-state index contributed by atoms with van der Waals surface area (Å²) < 4.78 is 14.7. The topological polar surface area (TPSA) is 41.3 Å². The van der Waals surface area contributed by atoms with Gasteiger partial charge in [0.25, 0.3) is 0 Å². The lowest BCUT2D eigenvalue weighted by Crippen LogP contribution is -2.29. The number of aromatic nitrogens is 2. The zero-order chi connectivity index (χ0) is 15.6. The number of nitrogens with zero attached hydrogens (tertiary/aromatic N) is 3. The molecule has 0 radical (unpaired) electrons. The van der Waals surface area contributed by atoms with Crippen LogP contribution in [0.2, 0.25) is 5.02 Å². The molecule has 0 aliphatic carbocycles. The van der Waals surface area contributed by atoms with Gasteiger partial charge in [0.2, 0.25) is 0 Å². The molecular weight excluding hydrogens is 293 g/mol. The molecule has 1 atom stereocenters. The van der Waals surface area contributed by atoms with E-state index in [2.05, 4.69) is 5.10 Å². The zero-order valence-corrected chi connectivity index (χ0v) is 13.1. The van der Waals surface area contributed by atoms with E-state index in [0.29, 0.717) is 22.8 Å². The van der Waals surface area contributed by atoms with Crippen LogP contribution >= 0.6 is 11.6 Å². The molecule has 1 aromatic heterocycles. The van der Waals surface area contributed by atoms with E-state index in [0.717, 1.165) is 6.54 Å². The molecule has 0 aliphatic heterocycles. The molecular formula is C15H19ClFN3O. The monoisotopic (exact) mass is 311 g/mol. The molecule has 0 saturated heterocycles. The van der Waals surface area contributed by atoms with Crippen LogP contribution in [0.4, 0.5) is 4.39 Å². The van der Waals surface area contributed by atoms with Crippen molar-refractivity contribution in [3.05, 3.63) is 52.6 Å². The summed E-state index contributed by atoms with van der Waals surface area (Å²) in [5.41, 5.74) is -0.261. The minimum absolute atomic E-state index is 0.346. The lowest BCUT2D eigenvalue weighted by Gasteiger charge is -2.26. The van der Waals surface area contributed by atoms with Crippen LogP contribution in [-0.2, 0) is 12.1 Å². The Labute approximate surface area is 128 Å². The predicted molar refractivity (Wildman–Crippen MR) is 80.9 cm³/mol. The Morgan fingerprint density at radius 2 is 1.95 bits per heavy atom. The lowest BCUT2D eigenvalue weighted by atomic mass is 9.92. The molecule has 1 N–H and O–H groups in total. The van der Waals surface area contributed by atoms with E-state index in [1.165, 1.54) is 18.3 Å². The van der Waals surface area contributed by atoms with Gasteiger partial charge in [-0.15, -0.1) is 0 Å². The van der Waals surface area contributed by atoms with Crippen LogP contribution in [-0.4, -0.2) is 40.4 Å². The summed E-state index contributed by atoms with van der Waals surface area (Å²) >= 11 is 6.19. The van der Waals surface area contributed by atoms with E-state index in [1.807, 2.05) is 19.0 Å². The van der Waals surface area contributed by atoms with Crippen molar-refractivity contribution < 1.29 is 9.50 Å². The fourth-order valence-electron chi connectivity index (χ4n) is 2.22. The fraction of sp³-hybridized carbons (Fsp3) is 0.400. The summed E-state index contributed by atoms with van der Waals surface area (Å²) in [6, 6.07) is 5.74. The van der Waals surface area contributed by atoms with Crippen LogP contribution in [0, 0.1) is 5.82 Å². The van der Waals surface area contributed by atoms with Gasteiger partial charge in [-0.2, -0.15) is 5.10 Å². The van der Waals surface area contributed by atoms with E-state index >= 15 is 0 Å². The lowest BCUT2D eigenvalue weighted by molar-refractivity contribution is 0.0909. The Morgan fingerprint density at radius 3 is 2.52 bits per heavy atom. The summed E-state index contributed by atoms with van der Waals surface area (Å²) in [6.45, 7) is 3.01. The van der Waals surface area contributed by atoms with E-state index in [-0.39, 0.29) is 5.82 Å². The third kappa shape index (κ3) is 3.43. The van der Waals surface area contributed by atoms with Gasteiger partial charge in [-0.3, -0.25) is 4.68 Å². The second kappa shape index (κ2) is 6.13. The number of aliphatic hydroxyl groups is 1. The van der Waals surface area contributed by atoms with Gasteiger partial charge < -0.3 is 10.0 Å². The van der Waals surface area contributed by atoms with Crippen LogP contribution in [0.5, 0.6) is 0 Å². The molecule has 0 saturated carbocycles. The highest BCUT2D eigenvalue weighted by Crippen LogP contribution is 2.33. The van der Waals surface area contributed by atoms with Crippen molar-refractivity contribution in [1.29, 1.82) is 0 Å². The van der Waals surface area contributed by atoms with Crippen LogP contribution in [0.15, 0.2) is 30.5 Å². The number of hydrogen-bond acceptors (Lipinski definition) is 3. The van der Waals surface area contributed by atoms with Gasteiger partial charge in [0.05, 0.1) is 23.5 Å². The highest BCUT2D eigenvalue weighted by molar-refractivity contribution is 6.31. The van der Waals surface area contributed by atoms with Gasteiger partial charge in [-0.05, 0) is 38.7 Å². The predicted octanol–water partition coefficient (Wildman–Crippen LogP) is 2.49. The van der Waals surface area contributed by atoms with Crippen LogP contribution in [0.3, 0.4) is 0 Å². The summed E-state index contributed by atoms with van der Waals surface area (Å²) in [4.78, 5) is 2.02. The minimum atomic E-state index is -1.34. The Balaban J connectivity index is 2.39. The van der Waals surface area contributed by atoms with Crippen LogP contribution in [0.1, 0.15) is 18.2 Å². The van der Waals surface area contributed by atoms with Gasteiger partial charge in [0.1, 0.15) is 11.4 Å². The third-order valence-electron chi connectivity index (χ3n) is 3.42. The summed E-state index contributed by atoms with van der Waals surface area (Å²) in [6.07, 6.45) is 1.52. The smallest absolute Gasteiger partial charge is 0.130 e. The molecule has 2 rings (SSSR count). The first kappa shape index (κ1) is 15.9. The maximum absolute atomic E-state index is 13.1. The van der Waals surface area contributed by atoms with Gasteiger partial charge in [-0.1, -0.05) is 23.7 Å². The van der Waals surface area contributed by atoms with Crippen LogP contribution in [0.25, 0.3) is 0 Å². The van der Waals surface area contributed by atoms with Crippen molar-refractivity contribution >= 4 is 11.6 Å². The summed E-state index contributed by atoms with van der Waals surface area (Å²) in [5.74, 6) is -0.346. The molecule has 0 amide bonds. The minimum Gasteiger partial charge on any atom is -0.379 e. The van der Waals surface area contributed by atoms with Crippen molar-refractivity contribution in [3.8, 4) is 0 Å². The normalized spacial score (nSPS) is 14.4. The van der Waals surface area contributed by atoms with Crippen molar-refractivity contribution in [2.45, 2.75) is 19.1 Å². The van der Waals surface area contributed by atoms with Crippen molar-refractivity contribution in [3.63, 3.8) is 0 Å². The second-order valence-electron chi connectivity index (χ2n) is 5.45. The summed E-state index contributed by atoms with van der Waals surface area (Å²) in [5, 5.41) is 15.5. The molecule has 6 heteroatoms. The molecule has 4 nitrogen and oxygen atoms in total. The van der Waals surface area contributed by atoms with Gasteiger partial charge in [0.15, 0.2) is 0 Å². The number of likely N-dealkylation sites (N-methyl/N-ethyl adjacent to an activating group) is 1. The molecule has 0 aliphatic rings. The Kier molecular flexibility index (Phi) is 4.66. The molecule has 2 aromatic rings.